The zero-order valence-electron chi connectivity index (χ0n) is 13.8. The highest BCUT2D eigenvalue weighted by atomic mass is 35.5. The number of rotatable bonds is 6. The number of carbonyl (C=O) groups is 1. The van der Waals surface area contributed by atoms with Crippen LogP contribution in [0.3, 0.4) is 0 Å². The van der Waals surface area contributed by atoms with Gasteiger partial charge in [0, 0.05) is 31.4 Å². The molecule has 24 heavy (non-hydrogen) atoms. The summed E-state index contributed by atoms with van der Waals surface area (Å²) in [5.74, 6) is 0.219. The van der Waals surface area contributed by atoms with Crippen LogP contribution in [-0.2, 0) is 11.3 Å². The summed E-state index contributed by atoms with van der Waals surface area (Å²) in [5.41, 5.74) is 2.13. The lowest BCUT2D eigenvalue weighted by Crippen LogP contribution is -2.35. The van der Waals surface area contributed by atoms with Gasteiger partial charge in [0.05, 0.1) is 5.02 Å². The molecule has 0 aromatic heterocycles. The van der Waals surface area contributed by atoms with E-state index in [9.17, 15) is 4.79 Å². The van der Waals surface area contributed by atoms with E-state index >= 15 is 0 Å². The van der Waals surface area contributed by atoms with Gasteiger partial charge in [0.2, 0.25) is 0 Å². The third kappa shape index (κ3) is 5.05. The first kappa shape index (κ1) is 18.4. The number of benzene rings is 2. The van der Waals surface area contributed by atoms with Crippen LogP contribution in [0.15, 0.2) is 42.5 Å². The fourth-order valence-corrected chi connectivity index (χ4v) is 2.51. The molecule has 0 bridgehead atoms. The maximum absolute atomic E-state index is 12.2. The van der Waals surface area contributed by atoms with Gasteiger partial charge in [-0.3, -0.25) is 4.79 Å². The van der Waals surface area contributed by atoms with E-state index in [1.165, 1.54) is 0 Å². The molecule has 4 nitrogen and oxygen atoms in total. The molecule has 0 radical (unpaired) electrons. The SMILES string of the molecule is CC(Oc1ccc(Cl)cc1Cl)C(=O)NCc1ccc(N(C)C)cc1. The summed E-state index contributed by atoms with van der Waals surface area (Å²) in [6.07, 6.45) is -0.662. The molecule has 2 aromatic rings. The molecule has 0 heterocycles. The van der Waals surface area contributed by atoms with E-state index in [1.54, 1.807) is 25.1 Å². The van der Waals surface area contributed by atoms with Gasteiger partial charge in [-0.25, -0.2) is 0 Å². The molecule has 1 amide bonds. The third-order valence-electron chi connectivity index (χ3n) is 3.49. The Labute approximate surface area is 152 Å². The Balaban J connectivity index is 1.89. The molecule has 0 aliphatic carbocycles. The second-order valence-corrected chi connectivity index (χ2v) is 6.46. The maximum Gasteiger partial charge on any atom is 0.261 e. The molecule has 0 aliphatic rings. The van der Waals surface area contributed by atoms with E-state index in [4.69, 9.17) is 27.9 Å². The minimum absolute atomic E-state index is 0.210. The zero-order chi connectivity index (χ0) is 17.7. The van der Waals surface area contributed by atoms with Crippen molar-refractivity contribution in [2.24, 2.45) is 0 Å². The Hall–Kier alpha value is -1.91. The van der Waals surface area contributed by atoms with Crippen molar-refractivity contribution in [1.82, 2.24) is 5.32 Å². The molecular formula is C18H20Cl2N2O2. The lowest BCUT2D eigenvalue weighted by molar-refractivity contribution is -0.127. The molecule has 0 spiro atoms. The van der Waals surface area contributed by atoms with Crippen molar-refractivity contribution in [2.45, 2.75) is 19.6 Å². The van der Waals surface area contributed by atoms with E-state index < -0.39 is 6.10 Å². The van der Waals surface area contributed by atoms with Gasteiger partial charge < -0.3 is 15.0 Å². The number of ether oxygens (including phenoxy) is 1. The largest absolute Gasteiger partial charge is 0.479 e. The van der Waals surface area contributed by atoms with Crippen molar-refractivity contribution in [1.29, 1.82) is 0 Å². The van der Waals surface area contributed by atoms with Crippen LogP contribution in [0.25, 0.3) is 0 Å². The highest BCUT2D eigenvalue weighted by Crippen LogP contribution is 2.28. The molecular weight excluding hydrogens is 347 g/mol. The van der Waals surface area contributed by atoms with E-state index in [0.717, 1.165) is 11.3 Å². The first-order valence-corrected chi connectivity index (χ1v) is 8.28. The molecule has 2 aromatic carbocycles. The topological polar surface area (TPSA) is 41.6 Å². The van der Waals surface area contributed by atoms with Crippen LogP contribution in [0.1, 0.15) is 12.5 Å². The van der Waals surface area contributed by atoms with Crippen LogP contribution in [-0.4, -0.2) is 26.1 Å². The van der Waals surface area contributed by atoms with Gasteiger partial charge in [0.25, 0.3) is 5.91 Å². The summed E-state index contributed by atoms with van der Waals surface area (Å²) < 4.78 is 5.59. The van der Waals surface area contributed by atoms with Crippen LogP contribution in [0, 0.1) is 0 Å². The van der Waals surface area contributed by atoms with Crippen LogP contribution >= 0.6 is 23.2 Å². The zero-order valence-corrected chi connectivity index (χ0v) is 15.4. The van der Waals surface area contributed by atoms with Crippen molar-refractivity contribution in [2.75, 3.05) is 19.0 Å². The molecule has 6 heteroatoms. The predicted octanol–water partition coefficient (Wildman–Crippen LogP) is 4.14. The van der Waals surface area contributed by atoms with Gasteiger partial charge in [0.1, 0.15) is 5.75 Å². The first-order chi connectivity index (χ1) is 11.4. The number of nitrogens with zero attached hydrogens (tertiary/aromatic N) is 1. The van der Waals surface area contributed by atoms with E-state index in [0.29, 0.717) is 22.3 Å². The molecule has 1 atom stereocenters. The number of hydrogen-bond donors (Lipinski definition) is 1. The van der Waals surface area contributed by atoms with Crippen molar-refractivity contribution in [3.8, 4) is 5.75 Å². The van der Waals surface area contributed by atoms with E-state index in [2.05, 4.69) is 5.32 Å². The van der Waals surface area contributed by atoms with Crippen molar-refractivity contribution in [3.05, 3.63) is 58.1 Å². The fraction of sp³-hybridized carbons (Fsp3) is 0.278. The van der Waals surface area contributed by atoms with Crippen LogP contribution in [0.5, 0.6) is 5.75 Å². The van der Waals surface area contributed by atoms with Crippen LogP contribution in [0.4, 0.5) is 5.69 Å². The van der Waals surface area contributed by atoms with Gasteiger partial charge in [0.15, 0.2) is 6.10 Å². The number of carbonyl (C=O) groups excluding carboxylic acids is 1. The van der Waals surface area contributed by atoms with Gasteiger partial charge in [-0.1, -0.05) is 35.3 Å². The smallest absolute Gasteiger partial charge is 0.261 e. The summed E-state index contributed by atoms with van der Waals surface area (Å²) in [5, 5.41) is 3.75. The average molecular weight is 367 g/mol. The van der Waals surface area contributed by atoms with Crippen LogP contribution < -0.4 is 15.0 Å². The quantitative estimate of drug-likeness (QED) is 0.834. The lowest BCUT2D eigenvalue weighted by Gasteiger charge is -2.16. The van der Waals surface area contributed by atoms with Crippen molar-refractivity contribution < 1.29 is 9.53 Å². The van der Waals surface area contributed by atoms with E-state index in [-0.39, 0.29) is 5.91 Å². The monoisotopic (exact) mass is 366 g/mol. The van der Waals surface area contributed by atoms with Crippen LogP contribution in [0.2, 0.25) is 10.0 Å². The Kier molecular flexibility index (Phi) is 6.35. The highest BCUT2D eigenvalue weighted by Gasteiger charge is 2.16. The lowest BCUT2D eigenvalue weighted by atomic mass is 10.2. The predicted molar refractivity (Wildman–Crippen MR) is 99.2 cm³/mol. The second-order valence-electron chi connectivity index (χ2n) is 5.61. The van der Waals surface area contributed by atoms with Crippen molar-refractivity contribution in [3.63, 3.8) is 0 Å². The minimum atomic E-state index is -0.662. The molecule has 0 aliphatic heterocycles. The summed E-state index contributed by atoms with van der Waals surface area (Å²) >= 11 is 11.9. The fourth-order valence-electron chi connectivity index (χ4n) is 2.06. The maximum atomic E-state index is 12.2. The highest BCUT2D eigenvalue weighted by molar-refractivity contribution is 6.35. The minimum Gasteiger partial charge on any atom is -0.479 e. The van der Waals surface area contributed by atoms with Gasteiger partial charge in [-0.05, 0) is 42.8 Å². The average Bonchev–Trinajstić information content (AvgIpc) is 2.55. The first-order valence-electron chi connectivity index (χ1n) is 7.52. The van der Waals surface area contributed by atoms with Gasteiger partial charge >= 0.3 is 0 Å². The third-order valence-corrected chi connectivity index (χ3v) is 4.02. The molecule has 0 fully saturated rings. The molecule has 0 saturated heterocycles. The molecule has 2 rings (SSSR count). The number of nitrogens with one attached hydrogen (secondary N) is 1. The Morgan fingerprint density at radius 2 is 1.83 bits per heavy atom. The van der Waals surface area contributed by atoms with E-state index in [1.807, 2.05) is 43.3 Å². The Morgan fingerprint density at radius 3 is 2.42 bits per heavy atom. The number of halogens is 2. The summed E-state index contributed by atoms with van der Waals surface area (Å²) in [6.45, 7) is 2.12. The molecule has 1 N–H and O–H groups in total. The summed E-state index contributed by atoms with van der Waals surface area (Å²) in [6, 6.07) is 12.9. The number of amides is 1. The van der Waals surface area contributed by atoms with Gasteiger partial charge in [-0.2, -0.15) is 0 Å². The standard InChI is InChI=1S/C18H20Cl2N2O2/c1-12(24-17-9-6-14(19)10-16(17)20)18(23)21-11-13-4-7-15(8-5-13)22(2)3/h4-10,12H,11H2,1-3H3,(H,21,23). The summed E-state index contributed by atoms with van der Waals surface area (Å²) in [4.78, 5) is 14.2. The molecule has 0 saturated carbocycles. The van der Waals surface area contributed by atoms with Gasteiger partial charge in [-0.15, -0.1) is 0 Å². The second kappa shape index (κ2) is 8.27. The number of hydrogen-bond acceptors (Lipinski definition) is 3. The number of anilines is 1. The normalized spacial score (nSPS) is 11.7. The Bertz CT molecular complexity index is 703. The Morgan fingerprint density at radius 1 is 1.17 bits per heavy atom. The summed E-state index contributed by atoms with van der Waals surface area (Å²) in [7, 11) is 3.97. The van der Waals surface area contributed by atoms with Crippen molar-refractivity contribution >= 4 is 34.8 Å². The molecule has 128 valence electrons. The molecule has 1 unspecified atom stereocenters.